The molecule has 1 aliphatic carbocycles. The van der Waals surface area contributed by atoms with E-state index in [2.05, 4.69) is 44.5 Å². The molecule has 1 aliphatic rings. The van der Waals surface area contributed by atoms with Crippen molar-refractivity contribution >= 4 is 11.6 Å². The van der Waals surface area contributed by atoms with Crippen molar-refractivity contribution in [2.24, 2.45) is 5.92 Å². The predicted molar refractivity (Wildman–Crippen MR) is 89.7 cm³/mol. The fourth-order valence-electron chi connectivity index (χ4n) is 2.87. The lowest BCUT2D eigenvalue weighted by molar-refractivity contribution is 0.501. The van der Waals surface area contributed by atoms with Crippen molar-refractivity contribution in [2.45, 2.75) is 72.3 Å². The van der Waals surface area contributed by atoms with Crippen molar-refractivity contribution in [3.8, 4) is 0 Å². The number of nitrogens with two attached hydrogens (primary N) is 1. The molecule has 1 saturated carbocycles. The lowest BCUT2D eigenvalue weighted by atomic mass is 10.1. The predicted octanol–water partition coefficient (Wildman–Crippen LogP) is 3.90. The third kappa shape index (κ3) is 3.66. The number of hydrogen-bond acceptors (Lipinski definition) is 4. The molecule has 4 heteroatoms. The molecule has 0 unspecified atom stereocenters. The van der Waals surface area contributed by atoms with Gasteiger partial charge in [-0.3, -0.25) is 0 Å². The van der Waals surface area contributed by atoms with Gasteiger partial charge in [0, 0.05) is 24.1 Å². The average molecular weight is 290 g/mol. The first-order chi connectivity index (χ1) is 9.97. The lowest BCUT2D eigenvalue weighted by Gasteiger charge is -2.34. The molecule has 2 rings (SSSR count). The van der Waals surface area contributed by atoms with E-state index in [1.807, 2.05) is 0 Å². The Balaban J connectivity index is 2.41. The molecule has 4 nitrogen and oxygen atoms in total. The highest BCUT2D eigenvalue weighted by Crippen LogP contribution is 2.40. The summed E-state index contributed by atoms with van der Waals surface area (Å²) in [6, 6.07) is 0.521. The van der Waals surface area contributed by atoms with Crippen LogP contribution in [-0.2, 0) is 0 Å². The van der Waals surface area contributed by atoms with Gasteiger partial charge in [-0.05, 0) is 38.5 Å². The van der Waals surface area contributed by atoms with Crippen molar-refractivity contribution in [3.05, 3.63) is 11.4 Å². The van der Waals surface area contributed by atoms with Gasteiger partial charge in [-0.25, -0.2) is 9.97 Å². The largest absolute Gasteiger partial charge is 0.383 e. The molecule has 1 heterocycles. The molecule has 0 spiro atoms. The highest BCUT2D eigenvalue weighted by atomic mass is 15.2. The van der Waals surface area contributed by atoms with Crippen LogP contribution in [0.25, 0.3) is 0 Å². The smallest absolute Gasteiger partial charge is 0.137 e. The maximum Gasteiger partial charge on any atom is 0.137 e. The molecular weight excluding hydrogens is 260 g/mol. The van der Waals surface area contributed by atoms with E-state index in [4.69, 9.17) is 10.7 Å². The van der Waals surface area contributed by atoms with Gasteiger partial charge in [0.25, 0.3) is 0 Å². The molecular formula is C17H30N4. The Labute approximate surface area is 129 Å². The maximum absolute atomic E-state index is 6.16. The Hall–Kier alpha value is -1.32. The summed E-state index contributed by atoms with van der Waals surface area (Å²) in [5, 5.41) is 0. The first kappa shape index (κ1) is 16.1. The number of nitrogen functional groups attached to an aromatic ring is 1. The van der Waals surface area contributed by atoms with Crippen molar-refractivity contribution in [1.82, 2.24) is 9.97 Å². The van der Waals surface area contributed by atoms with Gasteiger partial charge in [0.05, 0.1) is 0 Å². The summed E-state index contributed by atoms with van der Waals surface area (Å²) in [4.78, 5) is 11.9. The molecule has 1 fully saturated rings. The van der Waals surface area contributed by atoms with Crippen LogP contribution in [0.3, 0.4) is 0 Å². The first-order valence-electron chi connectivity index (χ1n) is 8.38. The van der Waals surface area contributed by atoms with Gasteiger partial charge in [0.1, 0.15) is 17.5 Å². The van der Waals surface area contributed by atoms with Gasteiger partial charge in [0.15, 0.2) is 0 Å². The Morgan fingerprint density at radius 1 is 1.19 bits per heavy atom. The third-order valence-corrected chi connectivity index (χ3v) is 4.33. The molecule has 0 amide bonds. The zero-order valence-corrected chi connectivity index (χ0v) is 14.2. The number of hydrogen-bond donors (Lipinski definition) is 1. The first-order valence-corrected chi connectivity index (χ1v) is 8.38. The molecule has 0 aromatic carbocycles. The Morgan fingerprint density at radius 2 is 1.81 bits per heavy atom. The number of aromatic nitrogens is 2. The summed E-state index contributed by atoms with van der Waals surface area (Å²) >= 11 is 0. The Bertz CT molecular complexity index is 476. The summed E-state index contributed by atoms with van der Waals surface area (Å²) < 4.78 is 0. The highest BCUT2D eigenvalue weighted by molar-refractivity contribution is 5.57. The average Bonchev–Trinajstić information content (AvgIpc) is 3.26. The van der Waals surface area contributed by atoms with Crippen LogP contribution in [0.5, 0.6) is 0 Å². The molecule has 0 atom stereocenters. The van der Waals surface area contributed by atoms with Crippen LogP contribution in [0, 0.1) is 12.8 Å². The normalized spacial score (nSPS) is 15.0. The topological polar surface area (TPSA) is 55.0 Å². The van der Waals surface area contributed by atoms with Crippen molar-refractivity contribution in [3.63, 3.8) is 0 Å². The SMILES string of the molecule is CCC(CC)N(CC(C)C)c1nc(C2CC2)nc(N)c1C. The second-order valence-corrected chi connectivity index (χ2v) is 6.71. The van der Waals surface area contributed by atoms with Crippen molar-refractivity contribution < 1.29 is 0 Å². The monoisotopic (exact) mass is 290 g/mol. The second-order valence-electron chi connectivity index (χ2n) is 6.71. The van der Waals surface area contributed by atoms with E-state index < -0.39 is 0 Å². The van der Waals surface area contributed by atoms with Gasteiger partial charge in [0.2, 0.25) is 0 Å². The van der Waals surface area contributed by atoms with Crippen LogP contribution in [0.1, 0.15) is 70.7 Å². The number of anilines is 2. The van der Waals surface area contributed by atoms with Crippen LogP contribution < -0.4 is 10.6 Å². The minimum atomic E-state index is 0.521. The quantitative estimate of drug-likeness (QED) is 0.827. The van der Waals surface area contributed by atoms with E-state index in [1.54, 1.807) is 0 Å². The minimum absolute atomic E-state index is 0.521. The zero-order chi connectivity index (χ0) is 15.6. The summed E-state index contributed by atoms with van der Waals surface area (Å²) in [5.41, 5.74) is 7.20. The van der Waals surface area contributed by atoms with E-state index in [9.17, 15) is 0 Å². The van der Waals surface area contributed by atoms with Crippen LogP contribution in [0.2, 0.25) is 0 Å². The fourth-order valence-corrected chi connectivity index (χ4v) is 2.87. The van der Waals surface area contributed by atoms with E-state index >= 15 is 0 Å². The number of rotatable bonds is 7. The van der Waals surface area contributed by atoms with Crippen LogP contribution in [0.15, 0.2) is 0 Å². The third-order valence-electron chi connectivity index (χ3n) is 4.33. The molecule has 0 saturated heterocycles. The summed E-state index contributed by atoms with van der Waals surface area (Å²) in [6.07, 6.45) is 4.67. The molecule has 0 aliphatic heterocycles. The molecule has 0 bridgehead atoms. The minimum Gasteiger partial charge on any atom is -0.383 e. The van der Waals surface area contributed by atoms with Gasteiger partial charge in [-0.2, -0.15) is 0 Å². The molecule has 118 valence electrons. The van der Waals surface area contributed by atoms with E-state index in [1.165, 1.54) is 12.8 Å². The van der Waals surface area contributed by atoms with E-state index in [-0.39, 0.29) is 0 Å². The Kier molecular flexibility index (Phi) is 5.07. The van der Waals surface area contributed by atoms with E-state index in [0.717, 1.165) is 36.6 Å². The van der Waals surface area contributed by atoms with Gasteiger partial charge >= 0.3 is 0 Å². The van der Waals surface area contributed by atoms with Gasteiger partial charge in [-0.15, -0.1) is 0 Å². The van der Waals surface area contributed by atoms with Gasteiger partial charge < -0.3 is 10.6 Å². The van der Waals surface area contributed by atoms with Crippen LogP contribution in [-0.4, -0.2) is 22.6 Å². The fraction of sp³-hybridized carbons (Fsp3) is 0.765. The molecule has 21 heavy (non-hydrogen) atoms. The van der Waals surface area contributed by atoms with E-state index in [0.29, 0.717) is 23.7 Å². The molecule has 2 N–H and O–H groups in total. The molecule has 0 radical (unpaired) electrons. The Morgan fingerprint density at radius 3 is 2.29 bits per heavy atom. The molecule has 1 aromatic heterocycles. The standard InChI is InChI=1S/C17H30N4/c1-6-14(7-2)21(10-11(3)4)17-12(5)15(18)19-16(20-17)13-8-9-13/h11,13-14H,6-10H2,1-5H3,(H2,18,19,20). The number of nitrogens with zero attached hydrogens (tertiary/aromatic N) is 3. The summed E-state index contributed by atoms with van der Waals surface area (Å²) in [6.45, 7) is 12.1. The lowest BCUT2D eigenvalue weighted by Crippen LogP contribution is -2.38. The highest BCUT2D eigenvalue weighted by Gasteiger charge is 2.29. The zero-order valence-electron chi connectivity index (χ0n) is 14.2. The van der Waals surface area contributed by atoms with Crippen molar-refractivity contribution in [2.75, 3.05) is 17.2 Å². The second kappa shape index (κ2) is 6.63. The molecule has 1 aromatic rings. The van der Waals surface area contributed by atoms with Crippen LogP contribution >= 0.6 is 0 Å². The summed E-state index contributed by atoms with van der Waals surface area (Å²) in [5.74, 6) is 3.81. The van der Waals surface area contributed by atoms with Crippen LogP contribution in [0.4, 0.5) is 11.6 Å². The van der Waals surface area contributed by atoms with Crippen molar-refractivity contribution in [1.29, 1.82) is 0 Å². The maximum atomic E-state index is 6.16. The van der Waals surface area contributed by atoms with Gasteiger partial charge in [-0.1, -0.05) is 27.7 Å². The summed E-state index contributed by atoms with van der Waals surface area (Å²) in [7, 11) is 0.